The van der Waals surface area contributed by atoms with Gasteiger partial charge in [0.1, 0.15) is 12.6 Å². The van der Waals surface area contributed by atoms with Gasteiger partial charge in [-0.05, 0) is 38.1 Å². The number of nitrogens with zero attached hydrogens (tertiary/aromatic N) is 1. The minimum absolute atomic E-state index is 0.116. The highest BCUT2D eigenvalue weighted by Gasteiger charge is 2.29. The number of hydrogen-bond acceptors (Lipinski definition) is 7. The molecule has 1 rings (SSSR count). The number of nitrogens with two attached hydrogens (primary N) is 1. The maximum atomic E-state index is 11.4. The van der Waals surface area contributed by atoms with Crippen LogP contribution in [0.2, 0.25) is 0 Å². The Morgan fingerprint density at radius 3 is 2.62 bits per heavy atom. The number of hydrogen-bond donors (Lipinski definition) is 5. The van der Waals surface area contributed by atoms with Crippen molar-refractivity contribution in [2.24, 2.45) is 16.6 Å². The first-order chi connectivity index (χ1) is 11.4. The van der Waals surface area contributed by atoms with E-state index in [-0.39, 0.29) is 12.5 Å². The van der Waals surface area contributed by atoms with Crippen molar-refractivity contribution in [1.29, 1.82) is 0 Å². The average Bonchev–Trinajstić information content (AvgIpc) is 2.55. The number of ether oxygens (including phenoxy) is 1. The summed E-state index contributed by atoms with van der Waals surface area (Å²) in [4.78, 5) is 26.1. The predicted octanol–water partition coefficient (Wildman–Crippen LogP) is -0.446. The van der Waals surface area contributed by atoms with Gasteiger partial charge in [0, 0.05) is 6.61 Å². The molecule has 0 radical (unpaired) electrons. The van der Waals surface area contributed by atoms with Gasteiger partial charge in [0.25, 0.3) is 0 Å². The molecule has 0 amide bonds. The Labute approximate surface area is 140 Å². The van der Waals surface area contributed by atoms with E-state index in [1.54, 1.807) is 0 Å². The molecule has 0 spiro atoms. The Kier molecular flexibility index (Phi) is 8.20. The molecule has 0 aromatic rings. The molecule has 2 atom stereocenters. The van der Waals surface area contributed by atoms with Crippen molar-refractivity contribution in [3.8, 4) is 0 Å². The molecule has 0 aromatic heterocycles. The highest BCUT2D eigenvalue weighted by molar-refractivity contribution is 6.00. The molecule has 0 heterocycles. The molecule has 0 aromatic carbocycles. The average molecular weight is 343 g/mol. The highest BCUT2D eigenvalue weighted by Crippen LogP contribution is 2.27. The first kappa shape index (κ1) is 19.9. The lowest BCUT2D eigenvalue weighted by Crippen LogP contribution is -2.40. The molecular weight excluding hydrogens is 318 g/mol. The molecule has 6 N–H and O–H groups in total. The first-order valence-corrected chi connectivity index (χ1v) is 7.75. The second-order valence-corrected chi connectivity index (χ2v) is 5.59. The van der Waals surface area contributed by atoms with Crippen molar-refractivity contribution in [2.45, 2.75) is 31.7 Å². The van der Waals surface area contributed by atoms with Gasteiger partial charge in [-0.3, -0.25) is 9.79 Å². The largest absolute Gasteiger partial charge is 0.493 e. The van der Waals surface area contributed by atoms with E-state index in [4.69, 9.17) is 15.6 Å². The Morgan fingerprint density at radius 1 is 1.42 bits per heavy atom. The van der Waals surface area contributed by atoms with Gasteiger partial charge in [0.05, 0.1) is 18.5 Å². The highest BCUT2D eigenvalue weighted by atomic mass is 16.5. The van der Waals surface area contributed by atoms with Crippen molar-refractivity contribution in [3.05, 3.63) is 11.5 Å². The van der Waals surface area contributed by atoms with Crippen LogP contribution in [0.25, 0.3) is 0 Å². The van der Waals surface area contributed by atoms with Gasteiger partial charge >= 0.3 is 11.9 Å². The van der Waals surface area contributed by atoms with Crippen molar-refractivity contribution in [2.75, 3.05) is 26.8 Å². The minimum Gasteiger partial charge on any atom is -0.493 e. The summed E-state index contributed by atoms with van der Waals surface area (Å²) in [6, 6.07) is -0.841. The Morgan fingerprint density at radius 2 is 2.12 bits per heavy atom. The zero-order valence-corrected chi connectivity index (χ0v) is 13.7. The summed E-state index contributed by atoms with van der Waals surface area (Å²) in [6.45, 7) is -0.149. The fourth-order valence-electron chi connectivity index (χ4n) is 2.58. The lowest BCUT2D eigenvalue weighted by atomic mass is 9.89. The number of aliphatic hydroxyl groups is 1. The van der Waals surface area contributed by atoms with Crippen LogP contribution in [0.4, 0.5) is 0 Å². The molecule has 1 aliphatic carbocycles. The molecule has 0 fully saturated rings. The van der Waals surface area contributed by atoms with Crippen molar-refractivity contribution < 1.29 is 29.6 Å². The number of aliphatic carboxylic acids is 2. The van der Waals surface area contributed by atoms with Crippen molar-refractivity contribution in [1.82, 2.24) is 5.32 Å². The van der Waals surface area contributed by atoms with E-state index in [0.29, 0.717) is 49.4 Å². The maximum Gasteiger partial charge on any atom is 0.326 e. The molecule has 136 valence electrons. The summed E-state index contributed by atoms with van der Waals surface area (Å²) in [5.41, 5.74) is 6.36. The van der Waals surface area contributed by atoms with Gasteiger partial charge in [-0.25, -0.2) is 4.79 Å². The molecule has 1 aliphatic rings. The van der Waals surface area contributed by atoms with Gasteiger partial charge in [-0.15, -0.1) is 0 Å². The fourth-order valence-corrected chi connectivity index (χ4v) is 2.58. The van der Waals surface area contributed by atoms with E-state index in [0.717, 1.165) is 0 Å². The number of methoxy groups -OCH3 is 1. The summed E-state index contributed by atoms with van der Waals surface area (Å²) in [5, 5.41) is 30.5. The number of aliphatic hydroxyl groups excluding tert-OH is 1. The second kappa shape index (κ2) is 9.89. The molecule has 0 aliphatic heterocycles. The molecule has 9 nitrogen and oxygen atoms in total. The second-order valence-electron chi connectivity index (χ2n) is 5.59. The van der Waals surface area contributed by atoms with Crippen LogP contribution in [0.15, 0.2) is 16.4 Å². The molecule has 0 saturated heterocycles. The summed E-state index contributed by atoms with van der Waals surface area (Å²) >= 11 is 0. The van der Waals surface area contributed by atoms with Crippen LogP contribution in [0.3, 0.4) is 0 Å². The van der Waals surface area contributed by atoms with Crippen molar-refractivity contribution in [3.63, 3.8) is 0 Å². The number of allylic oxidation sites excluding steroid dienone is 2. The Bertz CT molecular complexity index is 517. The lowest BCUT2D eigenvalue weighted by molar-refractivity contribution is -0.139. The predicted molar refractivity (Wildman–Crippen MR) is 86.6 cm³/mol. The smallest absolute Gasteiger partial charge is 0.326 e. The maximum absolute atomic E-state index is 11.4. The fraction of sp³-hybridized carbons (Fsp3) is 0.667. The van der Waals surface area contributed by atoms with Gasteiger partial charge in [-0.1, -0.05) is 0 Å². The molecule has 0 bridgehead atoms. The summed E-state index contributed by atoms with van der Waals surface area (Å²) < 4.78 is 5.32. The summed E-state index contributed by atoms with van der Waals surface area (Å²) in [6.07, 6.45) is 1.66. The van der Waals surface area contributed by atoms with E-state index in [1.807, 2.05) is 0 Å². The third-order valence-electron chi connectivity index (χ3n) is 3.72. The topological polar surface area (TPSA) is 154 Å². The van der Waals surface area contributed by atoms with Crippen LogP contribution < -0.4 is 11.1 Å². The van der Waals surface area contributed by atoms with Crippen LogP contribution in [-0.4, -0.2) is 65.8 Å². The summed E-state index contributed by atoms with van der Waals surface area (Å²) in [5.74, 6) is -1.92. The Hall–Kier alpha value is -2.13. The quantitative estimate of drug-likeness (QED) is 0.357. The number of aliphatic imine (C=N–C) groups is 1. The first-order valence-electron chi connectivity index (χ1n) is 7.75. The van der Waals surface area contributed by atoms with Gasteiger partial charge in [0.15, 0.2) is 5.76 Å². The van der Waals surface area contributed by atoms with E-state index < -0.39 is 24.5 Å². The van der Waals surface area contributed by atoms with Crippen LogP contribution in [-0.2, 0) is 14.3 Å². The number of carbonyl (C=O) groups is 2. The van der Waals surface area contributed by atoms with Crippen LogP contribution in [0, 0.1) is 5.92 Å². The van der Waals surface area contributed by atoms with E-state index >= 15 is 0 Å². The summed E-state index contributed by atoms with van der Waals surface area (Å²) in [7, 11) is 1.42. The Balaban J connectivity index is 3.08. The van der Waals surface area contributed by atoms with Gasteiger partial charge in [0.2, 0.25) is 0 Å². The molecule has 0 saturated carbocycles. The third kappa shape index (κ3) is 5.82. The number of carboxylic acids is 2. The van der Waals surface area contributed by atoms with E-state index in [1.165, 1.54) is 7.11 Å². The molecule has 24 heavy (non-hydrogen) atoms. The monoisotopic (exact) mass is 343 g/mol. The van der Waals surface area contributed by atoms with Gasteiger partial charge in [-0.2, -0.15) is 0 Å². The lowest BCUT2D eigenvalue weighted by Gasteiger charge is -2.29. The minimum atomic E-state index is -1.08. The standard InChI is InChI=1S/C15H25N3O6/c1-24-14-11(17-7-13(20)21)5-9(8-19)6-12(14)18-10(15(22)23)3-2-4-16/h9-10,18-19H,2-8,16H2,1H3,(H,20,21)(H,22,23). The third-order valence-corrected chi connectivity index (χ3v) is 3.72. The van der Waals surface area contributed by atoms with Crippen molar-refractivity contribution >= 4 is 17.7 Å². The molecule has 2 unspecified atom stereocenters. The van der Waals surface area contributed by atoms with Crippen LogP contribution in [0.5, 0.6) is 0 Å². The number of rotatable bonds is 10. The van der Waals surface area contributed by atoms with Crippen LogP contribution >= 0.6 is 0 Å². The van der Waals surface area contributed by atoms with Gasteiger partial charge < -0.3 is 31.1 Å². The number of carboxylic acid groups (broad SMARTS) is 2. The normalized spacial score (nSPS) is 20.8. The van der Waals surface area contributed by atoms with E-state index in [2.05, 4.69) is 10.3 Å². The zero-order valence-electron chi connectivity index (χ0n) is 13.7. The molecular formula is C15H25N3O6. The SMILES string of the molecule is COC1=C(NC(CCCN)C(=O)O)CC(CO)CC1=NCC(=O)O. The number of nitrogens with one attached hydrogen (secondary N) is 1. The van der Waals surface area contributed by atoms with E-state index in [9.17, 15) is 19.8 Å². The zero-order chi connectivity index (χ0) is 18.1. The molecule has 9 heteroatoms. The van der Waals surface area contributed by atoms with Crippen LogP contribution in [0.1, 0.15) is 25.7 Å².